The van der Waals surface area contributed by atoms with E-state index in [9.17, 15) is 9.36 Å². The molecule has 0 saturated heterocycles. The fourth-order valence-electron chi connectivity index (χ4n) is 1.87. The first kappa shape index (κ1) is 19.8. The Hall–Kier alpha value is -1.50. The fourth-order valence-corrected chi connectivity index (χ4v) is 3.45. The highest BCUT2D eigenvalue weighted by molar-refractivity contribution is 7.54. The van der Waals surface area contributed by atoms with E-state index in [2.05, 4.69) is 0 Å². The molecule has 1 unspecified atom stereocenters. The number of hydrogen-bond acceptors (Lipinski definition) is 7. The van der Waals surface area contributed by atoms with Crippen molar-refractivity contribution in [1.29, 1.82) is 0 Å². The molecule has 0 spiro atoms. The average Bonchev–Trinajstić information content (AvgIpc) is 3.14. The maximum atomic E-state index is 12.6. The van der Waals surface area contributed by atoms with Gasteiger partial charge in [-0.05, 0) is 24.3 Å². The zero-order chi connectivity index (χ0) is 18.4. The molecule has 1 atom stereocenters. The minimum absolute atomic E-state index is 0.112. The van der Waals surface area contributed by atoms with Gasteiger partial charge in [-0.1, -0.05) is 29.3 Å². The van der Waals surface area contributed by atoms with Crippen LogP contribution in [0.5, 0.6) is 5.75 Å². The third-order valence-corrected chi connectivity index (χ3v) is 5.84. The number of benzene rings is 1. The smallest absolute Gasteiger partial charge is 0.378 e. The third-order valence-electron chi connectivity index (χ3n) is 3.09. The lowest BCUT2D eigenvalue weighted by Gasteiger charge is -2.22. The molecule has 136 valence electrons. The Morgan fingerprint density at radius 2 is 1.92 bits per heavy atom. The normalized spacial score (nSPS) is 12.6. The summed E-state index contributed by atoms with van der Waals surface area (Å²) >= 11 is 11.8. The van der Waals surface area contributed by atoms with Crippen LogP contribution in [0.1, 0.15) is 11.6 Å². The van der Waals surface area contributed by atoms with Crippen molar-refractivity contribution in [3.63, 3.8) is 0 Å². The molecule has 0 N–H and O–H groups in total. The summed E-state index contributed by atoms with van der Waals surface area (Å²) in [6.45, 7) is -0.495. The van der Waals surface area contributed by atoms with Crippen LogP contribution in [-0.4, -0.2) is 26.8 Å². The van der Waals surface area contributed by atoms with Crippen molar-refractivity contribution in [2.24, 2.45) is 0 Å². The molecular formula is C15H15Cl2O7P. The van der Waals surface area contributed by atoms with Gasteiger partial charge in [0.15, 0.2) is 12.4 Å². The van der Waals surface area contributed by atoms with Crippen LogP contribution in [0, 0.1) is 0 Å². The number of carbonyl (C=O) groups is 1. The Bertz CT molecular complexity index is 755. The van der Waals surface area contributed by atoms with Crippen molar-refractivity contribution < 1.29 is 32.3 Å². The lowest BCUT2D eigenvalue weighted by atomic mass is 10.3. The molecule has 2 rings (SSSR count). The van der Waals surface area contributed by atoms with Gasteiger partial charge in [-0.25, -0.2) is 4.79 Å². The van der Waals surface area contributed by atoms with Gasteiger partial charge in [0.25, 0.3) is 5.85 Å². The maximum Gasteiger partial charge on any atom is 0.378 e. The van der Waals surface area contributed by atoms with Crippen molar-refractivity contribution in [1.82, 2.24) is 0 Å². The van der Waals surface area contributed by atoms with Crippen molar-refractivity contribution in [3.8, 4) is 5.75 Å². The zero-order valence-corrected chi connectivity index (χ0v) is 15.7. The SMILES string of the molecule is COP(=O)(OC)C(OC(=O)COc1cccc(Cl)c1Cl)c1ccco1. The van der Waals surface area contributed by atoms with E-state index in [4.69, 9.17) is 46.1 Å². The number of ether oxygens (including phenoxy) is 2. The van der Waals surface area contributed by atoms with Gasteiger partial charge in [-0.15, -0.1) is 0 Å². The largest absolute Gasteiger partial charge is 0.480 e. The average molecular weight is 409 g/mol. The van der Waals surface area contributed by atoms with E-state index in [-0.39, 0.29) is 21.6 Å². The second-order valence-corrected chi connectivity index (χ2v) is 7.67. The van der Waals surface area contributed by atoms with Crippen LogP contribution in [0.15, 0.2) is 41.0 Å². The van der Waals surface area contributed by atoms with E-state index in [1.807, 2.05) is 0 Å². The van der Waals surface area contributed by atoms with Crippen LogP contribution < -0.4 is 4.74 Å². The van der Waals surface area contributed by atoms with Crippen molar-refractivity contribution in [2.75, 3.05) is 20.8 Å². The highest BCUT2D eigenvalue weighted by atomic mass is 35.5. The molecule has 0 fully saturated rings. The summed E-state index contributed by atoms with van der Waals surface area (Å²) in [6, 6.07) is 7.77. The van der Waals surface area contributed by atoms with Gasteiger partial charge in [0.05, 0.1) is 11.3 Å². The van der Waals surface area contributed by atoms with Crippen LogP contribution in [-0.2, 0) is 23.1 Å². The molecule has 1 aromatic heterocycles. The maximum absolute atomic E-state index is 12.6. The molecule has 0 aliphatic rings. The Balaban J connectivity index is 2.10. The highest BCUT2D eigenvalue weighted by Gasteiger charge is 2.41. The lowest BCUT2D eigenvalue weighted by molar-refractivity contribution is -0.149. The topological polar surface area (TPSA) is 84.2 Å². The molecule has 0 radical (unpaired) electrons. The van der Waals surface area contributed by atoms with E-state index >= 15 is 0 Å². The van der Waals surface area contributed by atoms with Gasteiger partial charge < -0.3 is 22.9 Å². The molecule has 0 aliphatic heterocycles. The summed E-state index contributed by atoms with van der Waals surface area (Å²) in [7, 11) is -1.43. The Labute approximate surface area is 154 Å². The van der Waals surface area contributed by atoms with Gasteiger partial charge in [-0.2, -0.15) is 0 Å². The first-order valence-electron chi connectivity index (χ1n) is 6.92. The minimum atomic E-state index is -3.79. The number of halogens is 2. The van der Waals surface area contributed by atoms with Crippen molar-refractivity contribution in [3.05, 3.63) is 52.4 Å². The molecule has 2 aromatic rings. The highest BCUT2D eigenvalue weighted by Crippen LogP contribution is 2.60. The molecule has 0 bridgehead atoms. The van der Waals surface area contributed by atoms with Crippen LogP contribution in [0.2, 0.25) is 10.0 Å². The summed E-state index contributed by atoms with van der Waals surface area (Å²) in [6.07, 6.45) is 1.34. The van der Waals surface area contributed by atoms with Gasteiger partial charge in [-0.3, -0.25) is 4.57 Å². The molecule has 0 aliphatic carbocycles. The molecule has 0 saturated carbocycles. The number of hydrogen-bond donors (Lipinski definition) is 0. The first-order chi connectivity index (χ1) is 11.9. The van der Waals surface area contributed by atoms with Gasteiger partial charge in [0.1, 0.15) is 10.8 Å². The molecular weight excluding hydrogens is 394 g/mol. The van der Waals surface area contributed by atoms with Crippen LogP contribution in [0.25, 0.3) is 0 Å². The number of furan rings is 1. The number of carbonyl (C=O) groups excluding carboxylic acids is 1. The summed E-state index contributed by atoms with van der Waals surface area (Å²) in [4.78, 5) is 12.1. The molecule has 7 nitrogen and oxygen atoms in total. The summed E-state index contributed by atoms with van der Waals surface area (Å²) in [5, 5.41) is 0.447. The van der Waals surface area contributed by atoms with Gasteiger partial charge >= 0.3 is 13.6 Å². The number of rotatable bonds is 8. The standard InChI is InChI=1S/C15H15Cl2O7P/c1-20-25(19,21-2)15(12-7-4-8-22-12)24-13(18)9-23-11-6-3-5-10(16)14(11)17/h3-8,15H,9H2,1-2H3. The summed E-state index contributed by atoms with van der Waals surface area (Å²) in [5.74, 6) is -1.88. The molecule has 1 heterocycles. The van der Waals surface area contributed by atoms with Crippen molar-refractivity contribution in [2.45, 2.75) is 5.85 Å². The first-order valence-corrected chi connectivity index (χ1v) is 9.29. The predicted molar refractivity (Wildman–Crippen MR) is 91.1 cm³/mol. The molecule has 25 heavy (non-hydrogen) atoms. The zero-order valence-electron chi connectivity index (χ0n) is 13.3. The number of esters is 1. The monoisotopic (exact) mass is 408 g/mol. The van der Waals surface area contributed by atoms with E-state index in [0.717, 1.165) is 0 Å². The molecule has 0 amide bonds. The Morgan fingerprint density at radius 1 is 1.20 bits per heavy atom. The van der Waals surface area contributed by atoms with E-state index in [1.54, 1.807) is 24.3 Å². The van der Waals surface area contributed by atoms with Crippen molar-refractivity contribution >= 4 is 36.8 Å². The second kappa shape index (κ2) is 8.74. The van der Waals surface area contributed by atoms with Gasteiger partial charge in [0, 0.05) is 14.2 Å². The Morgan fingerprint density at radius 3 is 2.52 bits per heavy atom. The van der Waals surface area contributed by atoms with Crippen LogP contribution in [0.4, 0.5) is 0 Å². The van der Waals surface area contributed by atoms with Gasteiger partial charge in [0.2, 0.25) is 0 Å². The summed E-state index contributed by atoms with van der Waals surface area (Å²) < 4.78 is 38.0. The molecule has 1 aromatic carbocycles. The third kappa shape index (κ3) is 4.77. The van der Waals surface area contributed by atoms with E-state index in [1.165, 1.54) is 26.5 Å². The second-order valence-electron chi connectivity index (χ2n) is 4.60. The fraction of sp³-hybridized carbons (Fsp3) is 0.267. The summed E-state index contributed by atoms with van der Waals surface area (Å²) in [5.41, 5.74) is 0. The van der Waals surface area contributed by atoms with Crippen LogP contribution >= 0.6 is 30.8 Å². The predicted octanol–water partition coefficient (Wildman–Crippen LogP) is 4.69. The van der Waals surface area contributed by atoms with E-state index < -0.39 is 26.0 Å². The van der Waals surface area contributed by atoms with E-state index in [0.29, 0.717) is 0 Å². The lowest BCUT2D eigenvalue weighted by Crippen LogP contribution is -2.19. The Kier molecular flexibility index (Phi) is 6.93. The van der Waals surface area contributed by atoms with Crippen LogP contribution in [0.3, 0.4) is 0 Å². The molecule has 10 heteroatoms. The quantitative estimate of drug-likeness (QED) is 0.462. The minimum Gasteiger partial charge on any atom is -0.480 e.